The first-order chi connectivity index (χ1) is 10.5. The van der Waals surface area contributed by atoms with Crippen LogP contribution in [0.5, 0.6) is 5.75 Å². The second kappa shape index (κ2) is 5.17. The van der Waals surface area contributed by atoms with Gasteiger partial charge in [0.2, 0.25) is 10.0 Å². The fraction of sp³-hybridized carbons (Fsp3) is 0.643. The van der Waals surface area contributed by atoms with Gasteiger partial charge >= 0.3 is 7.12 Å². The third kappa shape index (κ3) is 3.23. The third-order valence-electron chi connectivity index (χ3n) is 4.48. The fourth-order valence-corrected chi connectivity index (χ4v) is 2.66. The quantitative estimate of drug-likeness (QED) is 0.804. The molecule has 1 saturated heterocycles. The predicted molar refractivity (Wildman–Crippen MR) is 85.0 cm³/mol. The minimum absolute atomic E-state index is 0.0775. The van der Waals surface area contributed by atoms with Crippen molar-refractivity contribution in [1.82, 2.24) is 4.98 Å². The number of nitrogens with zero attached hydrogens (tertiary/aromatic N) is 1. The summed E-state index contributed by atoms with van der Waals surface area (Å²) in [5, 5.41) is 5.18. The Kier molecular flexibility index (Phi) is 3.75. The maximum absolute atomic E-state index is 11.5. The summed E-state index contributed by atoms with van der Waals surface area (Å²) in [6, 6.07) is 1.39. The van der Waals surface area contributed by atoms with Crippen LogP contribution in [-0.2, 0) is 19.3 Å². The first kappa shape index (κ1) is 16.7. The topological polar surface area (TPSA) is 101 Å². The molecule has 3 rings (SSSR count). The van der Waals surface area contributed by atoms with E-state index in [0.29, 0.717) is 11.3 Å². The highest BCUT2D eigenvalue weighted by atomic mass is 32.2. The van der Waals surface area contributed by atoms with Gasteiger partial charge in [-0.2, -0.15) is 0 Å². The molecule has 0 radical (unpaired) electrons. The highest BCUT2D eigenvalue weighted by Gasteiger charge is 2.53. The molecule has 0 unspecified atom stereocenters. The van der Waals surface area contributed by atoms with Gasteiger partial charge in [-0.3, -0.25) is 4.98 Å². The van der Waals surface area contributed by atoms with E-state index >= 15 is 0 Å². The second-order valence-corrected chi connectivity index (χ2v) is 8.57. The van der Waals surface area contributed by atoms with E-state index < -0.39 is 28.3 Å². The van der Waals surface area contributed by atoms with Gasteiger partial charge in [0.05, 0.1) is 17.3 Å². The molecule has 1 saturated carbocycles. The van der Waals surface area contributed by atoms with Crippen LogP contribution in [0.2, 0.25) is 0 Å². The largest absolute Gasteiger partial charge is 0.518 e. The summed E-state index contributed by atoms with van der Waals surface area (Å²) in [6.45, 7) is 7.75. The number of sulfonamides is 1. The van der Waals surface area contributed by atoms with Gasteiger partial charge in [-0.05, 0) is 40.5 Å². The van der Waals surface area contributed by atoms with Crippen molar-refractivity contribution in [1.29, 1.82) is 0 Å². The fourth-order valence-electron chi connectivity index (χ4n) is 2.18. The number of hydrogen-bond donors (Lipinski definition) is 1. The number of rotatable bonds is 4. The van der Waals surface area contributed by atoms with Crippen molar-refractivity contribution in [2.45, 2.75) is 62.7 Å². The van der Waals surface area contributed by atoms with Gasteiger partial charge in [-0.25, -0.2) is 13.6 Å². The number of aromatic nitrogens is 1. The van der Waals surface area contributed by atoms with Crippen LogP contribution in [0.25, 0.3) is 0 Å². The summed E-state index contributed by atoms with van der Waals surface area (Å²) in [6.07, 6.45) is 3.15. The highest BCUT2D eigenvalue weighted by Crippen LogP contribution is 2.37. The second-order valence-electron chi connectivity index (χ2n) is 7.00. The molecule has 7 nitrogen and oxygen atoms in total. The van der Waals surface area contributed by atoms with E-state index in [1.165, 1.54) is 12.3 Å². The zero-order valence-corrected chi connectivity index (χ0v) is 14.5. The van der Waals surface area contributed by atoms with Crippen molar-refractivity contribution < 1.29 is 22.5 Å². The van der Waals surface area contributed by atoms with Crippen LogP contribution in [-0.4, -0.2) is 37.8 Å². The lowest BCUT2D eigenvalue weighted by molar-refractivity contribution is 0.00578. The van der Waals surface area contributed by atoms with Crippen molar-refractivity contribution in [2.75, 3.05) is 0 Å². The zero-order valence-electron chi connectivity index (χ0n) is 13.7. The third-order valence-corrected chi connectivity index (χ3v) is 5.36. The van der Waals surface area contributed by atoms with Crippen LogP contribution >= 0.6 is 0 Å². The molecule has 0 amide bonds. The first-order valence-electron chi connectivity index (χ1n) is 7.55. The van der Waals surface area contributed by atoms with E-state index in [4.69, 9.17) is 19.2 Å². The normalized spacial score (nSPS) is 23.1. The molecule has 9 heteroatoms. The van der Waals surface area contributed by atoms with E-state index in [-0.39, 0.29) is 11.0 Å². The van der Waals surface area contributed by atoms with Crippen LogP contribution < -0.4 is 15.5 Å². The summed E-state index contributed by atoms with van der Waals surface area (Å²) in [4.78, 5) is 4.12. The van der Waals surface area contributed by atoms with E-state index in [2.05, 4.69) is 4.98 Å². The molecule has 0 spiro atoms. The molecule has 2 fully saturated rings. The molecule has 0 atom stereocenters. The Morgan fingerprint density at radius 2 is 1.83 bits per heavy atom. The van der Waals surface area contributed by atoms with Gasteiger partial charge in [0.25, 0.3) is 0 Å². The molecule has 0 aromatic carbocycles. The maximum atomic E-state index is 11.5. The molecule has 1 aliphatic heterocycles. The summed E-state index contributed by atoms with van der Waals surface area (Å²) in [5.41, 5.74) is -0.605. The SMILES string of the molecule is CC1(C)OB(c2ncc(S(N)(=O)=O)cc2OC2CC2)OC1(C)C. The molecule has 1 aromatic rings. The number of pyridine rings is 1. The van der Waals surface area contributed by atoms with Gasteiger partial charge in [0, 0.05) is 12.3 Å². The maximum Gasteiger partial charge on any atom is 0.518 e. The van der Waals surface area contributed by atoms with Crippen molar-refractivity contribution in [3.63, 3.8) is 0 Å². The molecule has 1 aromatic heterocycles. The zero-order chi connectivity index (χ0) is 17.0. The standard InChI is InChI=1S/C14H21BN2O5S/c1-13(2)14(3,4)22-15(21-13)12-11(20-9-5-6-9)7-10(8-17-12)23(16,18)19/h7-9H,5-6H2,1-4H3,(H2,16,18,19). The van der Waals surface area contributed by atoms with E-state index in [0.717, 1.165) is 12.8 Å². The van der Waals surface area contributed by atoms with E-state index in [1.807, 2.05) is 27.7 Å². The Balaban J connectivity index is 1.98. The molecular weight excluding hydrogens is 319 g/mol. The average molecular weight is 340 g/mol. The molecule has 2 aliphatic rings. The van der Waals surface area contributed by atoms with Crippen molar-refractivity contribution in [3.8, 4) is 5.75 Å². The Bertz CT molecular complexity index is 715. The van der Waals surface area contributed by atoms with E-state index in [1.54, 1.807) is 0 Å². The number of hydrogen-bond acceptors (Lipinski definition) is 6. The van der Waals surface area contributed by atoms with Crippen LogP contribution in [0.15, 0.2) is 17.2 Å². The summed E-state index contributed by atoms with van der Waals surface area (Å²) < 4.78 is 40.8. The van der Waals surface area contributed by atoms with Crippen molar-refractivity contribution in [3.05, 3.63) is 12.3 Å². The lowest BCUT2D eigenvalue weighted by Gasteiger charge is -2.32. The molecule has 126 valence electrons. The molecule has 0 bridgehead atoms. The summed E-state index contributed by atoms with van der Waals surface area (Å²) in [5.74, 6) is 0.345. The van der Waals surface area contributed by atoms with Crippen LogP contribution in [0.1, 0.15) is 40.5 Å². The number of primary sulfonamides is 1. The minimum atomic E-state index is -3.85. The average Bonchev–Trinajstić information content (AvgIpc) is 3.16. The molecule has 2 heterocycles. The summed E-state index contributed by atoms with van der Waals surface area (Å²) in [7, 11) is -4.57. The molecule has 23 heavy (non-hydrogen) atoms. The van der Waals surface area contributed by atoms with Gasteiger partial charge in [-0.15, -0.1) is 0 Å². The lowest BCUT2D eigenvalue weighted by atomic mass is 9.83. The summed E-state index contributed by atoms with van der Waals surface area (Å²) >= 11 is 0. The Labute approximate surface area is 136 Å². The Hall–Kier alpha value is -1.16. The lowest BCUT2D eigenvalue weighted by Crippen LogP contribution is -2.41. The Morgan fingerprint density at radius 1 is 1.26 bits per heavy atom. The van der Waals surface area contributed by atoms with Crippen LogP contribution in [0.4, 0.5) is 0 Å². The van der Waals surface area contributed by atoms with Gasteiger partial charge in [-0.1, -0.05) is 0 Å². The van der Waals surface area contributed by atoms with Gasteiger partial charge in [0.1, 0.15) is 16.2 Å². The minimum Gasteiger partial charge on any atom is -0.489 e. The first-order valence-corrected chi connectivity index (χ1v) is 9.09. The monoisotopic (exact) mass is 340 g/mol. The van der Waals surface area contributed by atoms with Crippen LogP contribution in [0, 0.1) is 0 Å². The predicted octanol–water partition coefficient (Wildman–Crippen LogP) is 0.569. The Morgan fingerprint density at radius 3 is 2.30 bits per heavy atom. The number of nitrogens with two attached hydrogens (primary N) is 1. The molecule has 2 N–H and O–H groups in total. The van der Waals surface area contributed by atoms with E-state index in [9.17, 15) is 8.42 Å². The smallest absolute Gasteiger partial charge is 0.489 e. The molecule has 1 aliphatic carbocycles. The van der Waals surface area contributed by atoms with Crippen LogP contribution in [0.3, 0.4) is 0 Å². The van der Waals surface area contributed by atoms with Gasteiger partial charge in [0.15, 0.2) is 0 Å². The van der Waals surface area contributed by atoms with Crippen molar-refractivity contribution >= 4 is 22.7 Å². The number of ether oxygens (including phenoxy) is 1. The van der Waals surface area contributed by atoms with Crippen molar-refractivity contribution in [2.24, 2.45) is 5.14 Å². The highest BCUT2D eigenvalue weighted by molar-refractivity contribution is 7.89. The van der Waals surface area contributed by atoms with Gasteiger partial charge < -0.3 is 14.0 Å². The molecular formula is C14H21BN2O5S.